The first kappa shape index (κ1) is 14.5. The predicted molar refractivity (Wildman–Crippen MR) is 79.2 cm³/mol. The van der Waals surface area contributed by atoms with E-state index in [1.54, 1.807) is 0 Å². The Labute approximate surface area is 122 Å². The van der Waals surface area contributed by atoms with Gasteiger partial charge in [-0.05, 0) is 37.5 Å². The van der Waals surface area contributed by atoms with E-state index in [0.717, 1.165) is 42.1 Å². The van der Waals surface area contributed by atoms with Crippen LogP contribution in [0.2, 0.25) is 0 Å². The fraction of sp³-hybridized carbons (Fsp3) is 0.533. The molecule has 0 spiro atoms. The van der Waals surface area contributed by atoms with Gasteiger partial charge in [-0.3, -0.25) is 4.79 Å². The highest BCUT2D eigenvalue weighted by Crippen LogP contribution is 2.21. The second-order valence-corrected chi connectivity index (χ2v) is 6.05. The average Bonchev–Trinajstić information content (AvgIpc) is 2.58. The van der Waals surface area contributed by atoms with E-state index in [1.165, 1.54) is 0 Å². The lowest BCUT2D eigenvalue weighted by atomic mass is 10.0. The van der Waals surface area contributed by atoms with Crippen LogP contribution in [0.25, 0.3) is 0 Å². The summed E-state index contributed by atoms with van der Waals surface area (Å²) in [6, 6.07) is 5.48. The van der Waals surface area contributed by atoms with E-state index in [2.05, 4.69) is 21.2 Å². The van der Waals surface area contributed by atoms with E-state index in [1.807, 2.05) is 25.1 Å². The highest BCUT2D eigenvalue weighted by atomic mass is 79.9. The van der Waals surface area contributed by atoms with Gasteiger partial charge in [0.05, 0.1) is 12.1 Å². The second kappa shape index (κ2) is 6.53. The van der Waals surface area contributed by atoms with Gasteiger partial charge in [-0.25, -0.2) is 0 Å². The van der Waals surface area contributed by atoms with Gasteiger partial charge in [0.25, 0.3) is 5.91 Å². The van der Waals surface area contributed by atoms with Gasteiger partial charge in [0.15, 0.2) is 0 Å². The second-order valence-electron chi connectivity index (χ2n) is 5.20. The smallest absolute Gasteiger partial charge is 0.251 e. The number of amides is 1. The molecule has 1 saturated carbocycles. The first-order chi connectivity index (χ1) is 9.09. The number of rotatable bonds is 2. The van der Waals surface area contributed by atoms with Gasteiger partial charge in [-0.2, -0.15) is 0 Å². The lowest BCUT2D eigenvalue weighted by Gasteiger charge is -2.22. The van der Waals surface area contributed by atoms with Crippen molar-refractivity contribution in [2.24, 2.45) is 0 Å². The van der Waals surface area contributed by atoms with Crippen molar-refractivity contribution >= 4 is 21.8 Å². The lowest BCUT2D eigenvalue weighted by molar-refractivity contribution is 0.0818. The average molecular weight is 326 g/mol. The van der Waals surface area contributed by atoms with Crippen LogP contribution in [-0.2, 0) is 0 Å². The van der Waals surface area contributed by atoms with Crippen LogP contribution in [0, 0.1) is 6.92 Å². The highest BCUT2D eigenvalue weighted by molar-refractivity contribution is 9.10. The summed E-state index contributed by atoms with van der Waals surface area (Å²) >= 11 is 3.43. The fourth-order valence-corrected chi connectivity index (χ4v) is 2.92. The summed E-state index contributed by atoms with van der Waals surface area (Å²) < 4.78 is 0.932. The standard InChI is InChI=1S/C15H20BrNO2/c1-10-11(6-5-7-12(10)16)15(19)17-13-8-3-2-4-9-14(13)18/h5-7,13-14,18H,2-4,8-9H2,1H3,(H,17,19). The van der Waals surface area contributed by atoms with Crippen LogP contribution in [0.15, 0.2) is 22.7 Å². The molecule has 2 N–H and O–H groups in total. The predicted octanol–water partition coefficient (Wildman–Crippen LogP) is 3.18. The molecule has 1 aliphatic rings. The Morgan fingerprint density at radius 1 is 1.32 bits per heavy atom. The van der Waals surface area contributed by atoms with Gasteiger partial charge < -0.3 is 10.4 Å². The molecule has 1 fully saturated rings. The van der Waals surface area contributed by atoms with Crippen molar-refractivity contribution < 1.29 is 9.90 Å². The molecule has 1 aromatic rings. The molecule has 0 radical (unpaired) electrons. The summed E-state index contributed by atoms with van der Waals surface area (Å²) in [6.07, 6.45) is 4.48. The molecular formula is C15H20BrNO2. The Hall–Kier alpha value is -0.870. The van der Waals surface area contributed by atoms with Crippen LogP contribution in [0.3, 0.4) is 0 Å². The summed E-state index contributed by atoms with van der Waals surface area (Å²) in [4.78, 5) is 12.3. The van der Waals surface area contributed by atoms with Crippen molar-refractivity contribution in [3.05, 3.63) is 33.8 Å². The van der Waals surface area contributed by atoms with E-state index < -0.39 is 6.10 Å². The van der Waals surface area contributed by atoms with Crippen molar-refractivity contribution in [2.45, 2.75) is 51.2 Å². The number of aliphatic hydroxyl groups is 1. The maximum absolute atomic E-state index is 12.3. The molecule has 19 heavy (non-hydrogen) atoms. The van der Waals surface area contributed by atoms with Crippen LogP contribution in [0.4, 0.5) is 0 Å². The van der Waals surface area contributed by atoms with Crippen molar-refractivity contribution in [2.75, 3.05) is 0 Å². The summed E-state index contributed by atoms with van der Waals surface area (Å²) in [5.41, 5.74) is 1.61. The van der Waals surface area contributed by atoms with Crippen LogP contribution >= 0.6 is 15.9 Å². The van der Waals surface area contributed by atoms with E-state index in [-0.39, 0.29) is 11.9 Å². The Morgan fingerprint density at radius 3 is 2.84 bits per heavy atom. The Balaban J connectivity index is 2.09. The number of carbonyl (C=O) groups is 1. The van der Waals surface area contributed by atoms with Crippen molar-refractivity contribution in [3.8, 4) is 0 Å². The van der Waals surface area contributed by atoms with Gasteiger partial charge >= 0.3 is 0 Å². The van der Waals surface area contributed by atoms with Crippen molar-refractivity contribution in [1.82, 2.24) is 5.32 Å². The number of hydrogen-bond acceptors (Lipinski definition) is 2. The number of benzene rings is 1. The molecule has 0 saturated heterocycles. The van der Waals surface area contributed by atoms with E-state index in [9.17, 15) is 9.90 Å². The molecular weight excluding hydrogens is 306 g/mol. The molecule has 0 aromatic heterocycles. The molecule has 1 aromatic carbocycles. The minimum Gasteiger partial charge on any atom is -0.391 e. The van der Waals surface area contributed by atoms with E-state index in [0.29, 0.717) is 5.56 Å². The molecule has 1 aliphatic carbocycles. The number of carbonyl (C=O) groups excluding carboxylic acids is 1. The molecule has 2 atom stereocenters. The molecule has 4 heteroatoms. The van der Waals surface area contributed by atoms with Crippen LogP contribution in [0.1, 0.15) is 48.0 Å². The molecule has 0 aliphatic heterocycles. The van der Waals surface area contributed by atoms with Crippen LogP contribution in [-0.4, -0.2) is 23.2 Å². The van der Waals surface area contributed by atoms with Gasteiger partial charge in [0.2, 0.25) is 0 Å². The number of hydrogen-bond donors (Lipinski definition) is 2. The molecule has 0 bridgehead atoms. The van der Waals surface area contributed by atoms with Gasteiger partial charge in [0.1, 0.15) is 0 Å². The minimum absolute atomic E-state index is 0.0928. The van der Waals surface area contributed by atoms with E-state index >= 15 is 0 Å². The molecule has 2 rings (SSSR count). The van der Waals surface area contributed by atoms with Crippen molar-refractivity contribution in [1.29, 1.82) is 0 Å². The Bertz CT molecular complexity index is 461. The molecule has 0 heterocycles. The molecule has 1 amide bonds. The third-order valence-corrected chi connectivity index (χ3v) is 4.67. The quantitative estimate of drug-likeness (QED) is 0.820. The zero-order chi connectivity index (χ0) is 13.8. The zero-order valence-corrected chi connectivity index (χ0v) is 12.7. The number of nitrogens with one attached hydrogen (secondary N) is 1. The monoisotopic (exact) mass is 325 g/mol. The van der Waals surface area contributed by atoms with Gasteiger partial charge in [-0.1, -0.05) is 41.3 Å². The molecule has 2 unspecified atom stereocenters. The van der Waals surface area contributed by atoms with Gasteiger partial charge in [0, 0.05) is 10.0 Å². The van der Waals surface area contributed by atoms with E-state index in [4.69, 9.17) is 0 Å². The number of aliphatic hydroxyl groups excluding tert-OH is 1. The summed E-state index contributed by atoms with van der Waals surface area (Å²) in [5, 5.41) is 13.0. The Kier molecular flexibility index (Phi) is 4.99. The maximum Gasteiger partial charge on any atom is 0.251 e. The van der Waals surface area contributed by atoms with Crippen LogP contribution < -0.4 is 5.32 Å². The Morgan fingerprint density at radius 2 is 2.05 bits per heavy atom. The first-order valence-corrected chi connectivity index (χ1v) is 7.63. The highest BCUT2D eigenvalue weighted by Gasteiger charge is 2.24. The summed E-state index contributed by atoms with van der Waals surface area (Å²) in [6.45, 7) is 1.92. The number of halogens is 1. The third kappa shape index (κ3) is 3.57. The normalized spacial score (nSPS) is 23.7. The third-order valence-electron chi connectivity index (χ3n) is 3.81. The summed E-state index contributed by atoms with van der Waals surface area (Å²) in [5.74, 6) is -0.0928. The fourth-order valence-electron chi connectivity index (χ4n) is 2.56. The SMILES string of the molecule is Cc1c(Br)cccc1C(=O)NC1CCCCCC1O. The van der Waals surface area contributed by atoms with Gasteiger partial charge in [-0.15, -0.1) is 0 Å². The molecule has 104 valence electrons. The summed E-state index contributed by atoms with van der Waals surface area (Å²) in [7, 11) is 0. The lowest BCUT2D eigenvalue weighted by Crippen LogP contribution is -2.42. The zero-order valence-electron chi connectivity index (χ0n) is 11.2. The first-order valence-electron chi connectivity index (χ1n) is 6.83. The van der Waals surface area contributed by atoms with Crippen LogP contribution in [0.5, 0.6) is 0 Å². The topological polar surface area (TPSA) is 49.3 Å². The maximum atomic E-state index is 12.3. The van der Waals surface area contributed by atoms with Crippen molar-refractivity contribution in [3.63, 3.8) is 0 Å². The largest absolute Gasteiger partial charge is 0.391 e. The minimum atomic E-state index is -0.418. The molecule has 3 nitrogen and oxygen atoms in total.